The molecule has 1 fully saturated rings. The van der Waals surface area contributed by atoms with Crippen molar-refractivity contribution in [2.75, 3.05) is 0 Å². The highest BCUT2D eigenvalue weighted by Crippen LogP contribution is 2.21. The number of amides is 1. The summed E-state index contributed by atoms with van der Waals surface area (Å²) in [5, 5.41) is 3.66. The lowest BCUT2D eigenvalue weighted by molar-refractivity contribution is 0.0926. The number of hydrogen-bond acceptors (Lipinski definition) is 2. The molecule has 2 aromatic heterocycles. The normalized spacial score (nSPS) is 17.2. The van der Waals surface area contributed by atoms with Crippen molar-refractivity contribution in [3.05, 3.63) is 28.8 Å². The molecular weight excluding hydrogens is 305 g/mol. The summed E-state index contributed by atoms with van der Waals surface area (Å²) in [5.74, 6) is -0.900. The maximum absolute atomic E-state index is 13.4. The van der Waals surface area contributed by atoms with Crippen LogP contribution in [0.25, 0.3) is 11.0 Å². The average molecular weight is 324 g/mol. The predicted octanol–water partition coefficient (Wildman–Crippen LogP) is 4.20. The molecule has 0 bridgehead atoms. The molecule has 0 spiro atoms. The number of aromatic amines is 1. The number of aromatic nitrogens is 2. The largest absolute Gasteiger partial charge is 0.348 e. The van der Waals surface area contributed by atoms with Crippen LogP contribution in [0.2, 0.25) is 5.02 Å². The van der Waals surface area contributed by atoms with Gasteiger partial charge >= 0.3 is 0 Å². The van der Waals surface area contributed by atoms with E-state index >= 15 is 0 Å². The van der Waals surface area contributed by atoms with Gasteiger partial charge in [0.15, 0.2) is 0 Å². The minimum Gasteiger partial charge on any atom is -0.348 e. The number of fused-ring (bicyclic) bond motifs is 1. The van der Waals surface area contributed by atoms with Gasteiger partial charge in [0.05, 0.1) is 5.02 Å². The van der Waals surface area contributed by atoms with E-state index in [0.29, 0.717) is 16.7 Å². The van der Waals surface area contributed by atoms with Crippen LogP contribution in [0.1, 0.15) is 55.4 Å². The Balaban J connectivity index is 1.73. The van der Waals surface area contributed by atoms with Gasteiger partial charge in [-0.05, 0) is 25.0 Å². The predicted molar refractivity (Wildman–Crippen MR) is 84.6 cm³/mol. The summed E-state index contributed by atoms with van der Waals surface area (Å²) in [6, 6.07) is 3.35. The van der Waals surface area contributed by atoms with Crippen LogP contribution in [-0.4, -0.2) is 21.9 Å². The molecule has 4 nitrogen and oxygen atoms in total. The van der Waals surface area contributed by atoms with Crippen LogP contribution in [0.4, 0.5) is 4.39 Å². The quantitative estimate of drug-likeness (QED) is 0.814. The minimum atomic E-state index is -0.733. The van der Waals surface area contributed by atoms with E-state index in [2.05, 4.69) is 15.3 Å². The molecule has 2 aromatic rings. The highest BCUT2D eigenvalue weighted by Gasteiger charge is 2.17. The number of rotatable bonds is 2. The lowest BCUT2D eigenvalue weighted by atomic mass is 9.96. The molecular formula is C16H19ClFN3O. The van der Waals surface area contributed by atoms with Gasteiger partial charge in [0.2, 0.25) is 5.95 Å². The number of carbonyl (C=O) groups excluding carboxylic acids is 1. The van der Waals surface area contributed by atoms with Gasteiger partial charge in [0, 0.05) is 11.4 Å². The van der Waals surface area contributed by atoms with Crippen molar-refractivity contribution in [1.82, 2.24) is 15.3 Å². The van der Waals surface area contributed by atoms with E-state index in [4.69, 9.17) is 11.6 Å². The summed E-state index contributed by atoms with van der Waals surface area (Å²) in [6.07, 6.45) is 8.11. The van der Waals surface area contributed by atoms with Crippen molar-refractivity contribution in [2.24, 2.45) is 0 Å². The summed E-state index contributed by atoms with van der Waals surface area (Å²) in [4.78, 5) is 18.9. The molecule has 6 heteroatoms. The van der Waals surface area contributed by atoms with E-state index in [1.807, 2.05) is 0 Å². The summed E-state index contributed by atoms with van der Waals surface area (Å²) in [6.45, 7) is 0. The van der Waals surface area contributed by atoms with E-state index < -0.39 is 5.95 Å². The van der Waals surface area contributed by atoms with Crippen LogP contribution in [0.3, 0.4) is 0 Å². The lowest BCUT2D eigenvalue weighted by Crippen LogP contribution is -2.35. The molecule has 0 saturated heterocycles. The molecule has 2 N–H and O–H groups in total. The number of pyridine rings is 1. The zero-order chi connectivity index (χ0) is 15.5. The molecule has 1 amide bonds. The number of carbonyl (C=O) groups is 1. The van der Waals surface area contributed by atoms with Crippen molar-refractivity contribution in [3.8, 4) is 0 Å². The molecule has 3 rings (SSSR count). The highest BCUT2D eigenvalue weighted by atomic mass is 35.5. The van der Waals surface area contributed by atoms with Gasteiger partial charge in [0.25, 0.3) is 5.91 Å². The molecule has 0 aliphatic heterocycles. The third-order valence-corrected chi connectivity index (χ3v) is 4.47. The van der Waals surface area contributed by atoms with Gasteiger partial charge in [-0.2, -0.15) is 4.39 Å². The fourth-order valence-corrected chi connectivity index (χ4v) is 3.16. The zero-order valence-corrected chi connectivity index (χ0v) is 13.0. The van der Waals surface area contributed by atoms with Gasteiger partial charge in [0.1, 0.15) is 11.3 Å². The van der Waals surface area contributed by atoms with E-state index in [1.54, 1.807) is 6.07 Å². The maximum atomic E-state index is 13.4. The Morgan fingerprint density at radius 2 is 1.91 bits per heavy atom. The van der Waals surface area contributed by atoms with Gasteiger partial charge in [-0.15, -0.1) is 0 Å². The summed E-state index contributed by atoms with van der Waals surface area (Å²) >= 11 is 5.71. The van der Waals surface area contributed by atoms with E-state index in [1.165, 1.54) is 25.3 Å². The Labute approximate surface area is 133 Å². The van der Waals surface area contributed by atoms with Crippen molar-refractivity contribution < 1.29 is 9.18 Å². The third-order valence-electron chi connectivity index (χ3n) is 4.20. The fraction of sp³-hybridized carbons (Fsp3) is 0.500. The van der Waals surface area contributed by atoms with Crippen LogP contribution >= 0.6 is 11.6 Å². The van der Waals surface area contributed by atoms with Crippen LogP contribution in [0, 0.1) is 5.95 Å². The molecule has 0 radical (unpaired) electrons. The maximum Gasteiger partial charge on any atom is 0.267 e. The molecule has 0 unspecified atom stereocenters. The summed E-state index contributed by atoms with van der Waals surface area (Å²) in [7, 11) is 0. The number of nitrogens with zero attached hydrogens (tertiary/aromatic N) is 1. The first-order chi connectivity index (χ1) is 10.6. The van der Waals surface area contributed by atoms with Crippen molar-refractivity contribution in [2.45, 2.75) is 51.0 Å². The van der Waals surface area contributed by atoms with Gasteiger partial charge in [-0.1, -0.05) is 43.7 Å². The second kappa shape index (κ2) is 6.65. The van der Waals surface area contributed by atoms with Crippen LogP contribution < -0.4 is 5.32 Å². The van der Waals surface area contributed by atoms with Crippen LogP contribution in [-0.2, 0) is 0 Å². The molecule has 0 aromatic carbocycles. The Hall–Kier alpha value is -1.62. The Morgan fingerprint density at radius 3 is 2.64 bits per heavy atom. The second-order valence-corrected chi connectivity index (χ2v) is 6.30. The van der Waals surface area contributed by atoms with Gasteiger partial charge < -0.3 is 10.3 Å². The Kier molecular flexibility index (Phi) is 4.62. The molecule has 2 heterocycles. The SMILES string of the molecule is O=C(NC1CCCCCCC1)c1cc2cc(Cl)c(F)nc2[nH]1. The monoisotopic (exact) mass is 323 g/mol. The van der Waals surface area contributed by atoms with E-state index in [0.717, 1.165) is 25.7 Å². The van der Waals surface area contributed by atoms with Crippen LogP contribution in [0.5, 0.6) is 0 Å². The summed E-state index contributed by atoms with van der Waals surface area (Å²) in [5.41, 5.74) is 0.732. The van der Waals surface area contributed by atoms with E-state index in [-0.39, 0.29) is 17.0 Å². The van der Waals surface area contributed by atoms with E-state index in [9.17, 15) is 9.18 Å². The van der Waals surface area contributed by atoms with Crippen molar-refractivity contribution >= 4 is 28.5 Å². The zero-order valence-electron chi connectivity index (χ0n) is 12.3. The molecule has 1 aliphatic carbocycles. The number of nitrogens with one attached hydrogen (secondary N) is 2. The van der Waals surface area contributed by atoms with Crippen molar-refractivity contribution in [3.63, 3.8) is 0 Å². The molecule has 22 heavy (non-hydrogen) atoms. The fourth-order valence-electron chi connectivity index (χ4n) is 3.00. The number of hydrogen-bond donors (Lipinski definition) is 2. The average Bonchev–Trinajstić information content (AvgIpc) is 2.85. The highest BCUT2D eigenvalue weighted by molar-refractivity contribution is 6.31. The smallest absolute Gasteiger partial charge is 0.267 e. The topological polar surface area (TPSA) is 57.8 Å². The first kappa shape index (κ1) is 15.3. The Morgan fingerprint density at radius 1 is 1.23 bits per heavy atom. The minimum absolute atomic E-state index is 0.0431. The summed E-state index contributed by atoms with van der Waals surface area (Å²) < 4.78 is 13.4. The number of H-pyrrole nitrogens is 1. The Bertz CT molecular complexity index is 638. The third kappa shape index (κ3) is 3.40. The first-order valence-electron chi connectivity index (χ1n) is 7.79. The molecule has 0 atom stereocenters. The standard InChI is InChI=1S/C16H19ClFN3O/c17-12-8-10-9-13(20-15(10)21-14(12)18)16(22)19-11-6-4-2-1-3-5-7-11/h8-9,11H,1-7H2,(H,19,22)(H,20,21). The van der Waals surface area contributed by atoms with Crippen LogP contribution in [0.15, 0.2) is 12.1 Å². The first-order valence-corrected chi connectivity index (χ1v) is 8.17. The molecule has 1 saturated carbocycles. The molecule has 1 aliphatic rings. The lowest BCUT2D eigenvalue weighted by Gasteiger charge is -2.20. The number of halogens is 2. The van der Waals surface area contributed by atoms with Crippen molar-refractivity contribution in [1.29, 1.82) is 0 Å². The second-order valence-electron chi connectivity index (χ2n) is 5.90. The van der Waals surface area contributed by atoms with Gasteiger partial charge in [-0.3, -0.25) is 4.79 Å². The van der Waals surface area contributed by atoms with Gasteiger partial charge in [-0.25, -0.2) is 4.98 Å². The molecule has 118 valence electrons.